The van der Waals surface area contributed by atoms with E-state index in [-0.39, 0.29) is 5.97 Å². The monoisotopic (exact) mass is 328 g/mol. The zero-order valence-corrected chi connectivity index (χ0v) is 14.0. The summed E-state index contributed by atoms with van der Waals surface area (Å²) in [6.07, 6.45) is 9.41. The van der Waals surface area contributed by atoms with Gasteiger partial charge in [0.25, 0.3) is 0 Å². The highest BCUT2D eigenvalue weighted by Gasteiger charge is 2.10. The standard InChI is InChI=1S/C18H20N2O2S/c1-22-18(21)16-13-19-17(23-16)10-7-14-5-8-15(9-6-14)20-11-3-2-4-12-20/h5-10,13H,2-4,11-12H2,1H3. The highest BCUT2D eigenvalue weighted by atomic mass is 32.1. The number of anilines is 1. The van der Waals surface area contributed by atoms with Gasteiger partial charge in [-0.25, -0.2) is 9.78 Å². The van der Waals surface area contributed by atoms with Crippen LogP contribution in [0.25, 0.3) is 12.2 Å². The fourth-order valence-electron chi connectivity index (χ4n) is 2.68. The lowest BCUT2D eigenvalue weighted by atomic mass is 10.1. The van der Waals surface area contributed by atoms with Gasteiger partial charge in [-0.2, -0.15) is 0 Å². The van der Waals surface area contributed by atoms with Crippen molar-refractivity contribution in [3.8, 4) is 0 Å². The van der Waals surface area contributed by atoms with Crippen molar-refractivity contribution in [2.45, 2.75) is 19.3 Å². The van der Waals surface area contributed by atoms with Crippen LogP contribution in [0.5, 0.6) is 0 Å². The van der Waals surface area contributed by atoms with Crippen LogP contribution in [0.3, 0.4) is 0 Å². The van der Waals surface area contributed by atoms with E-state index < -0.39 is 0 Å². The number of aromatic nitrogens is 1. The number of piperidine rings is 1. The van der Waals surface area contributed by atoms with Gasteiger partial charge >= 0.3 is 5.97 Å². The molecule has 4 nitrogen and oxygen atoms in total. The number of ether oxygens (including phenoxy) is 1. The second-order valence-electron chi connectivity index (χ2n) is 5.53. The van der Waals surface area contributed by atoms with Crippen LogP contribution in [0.4, 0.5) is 5.69 Å². The number of esters is 1. The average Bonchev–Trinajstić information content (AvgIpc) is 3.09. The smallest absolute Gasteiger partial charge is 0.349 e. The van der Waals surface area contributed by atoms with Crippen LogP contribution in [0.1, 0.15) is 39.5 Å². The van der Waals surface area contributed by atoms with Gasteiger partial charge in [0.2, 0.25) is 0 Å². The van der Waals surface area contributed by atoms with Crippen molar-refractivity contribution in [1.82, 2.24) is 4.98 Å². The highest BCUT2D eigenvalue weighted by Crippen LogP contribution is 2.21. The Morgan fingerprint density at radius 1 is 1.17 bits per heavy atom. The van der Waals surface area contributed by atoms with Crippen molar-refractivity contribution >= 4 is 35.1 Å². The quantitative estimate of drug-likeness (QED) is 0.793. The van der Waals surface area contributed by atoms with Gasteiger partial charge in [-0.1, -0.05) is 18.2 Å². The van der Waals surface area contributed by atoms with E-state index in [0.29, 0.717) is 4.88 Å². The summed E-state index contributed by atoms with van der Waals surface area (Å²) in [4.78, 5) is 18.6. The molecule has 0 atom stereocenters. The lowest BCUT2D eigenvalue weighted by Gasteiger charge is -2.28. The van der Waals surface area contributed by atoms with Gasteiger partial charge in [0.15, 0.2) is 0 Å². The first-order valence-electron chi connectivity index (χ1n) is 7.83. The molecule has 0 amide bonds. The number of carbonyl (C=O) groups excluding carboxylic acids is 1. The van der Waals surface area contributed by atoms with Crippen LogP contribution in [-0.4, -0.2) is 31.2 Å². The van der Waals surface area contributed by atoms with E-state index in [2.05, 4.69) is 38.9 Å². The van der Waals surface area contributed by atoms with E-state index in [0.717, 1.165) is 23.7 Å². The van der Waals surface area contributed by atoms with E-state index in [1.165, 1.54) is 43.4 Å². The van der Waals surface area contributed by atoms with Crippen LogP contribution in [-0.2, 0) is 4.74 Å². The Morgan fingerprint density at radius 2 is 1.91 bits per heavy atom. The normalized spacial score (nSPS) is 15.1. The average molecular weight is 328 g/mol. The van der Waals surface area contributed by atoms with Crippen LogP contribution in [0.2, 0.25) is 0 Å². The number of rotatable bonds is 4. The molecule has 2 aromatic rings. The molecule has 2 heterocycles. The molecule has 1 aliphatic heterocycles. The van der Waals surface area contributed by atoms with E-state index in [9.17, 15) is 4.79 Å². The van der Waals surface area contributed by atoms with Gasteiger partial charge in [0.1, 0.15) is 9.88 Å². The maximum atomic E-state index is 11.4. The molecule has 120 valence electrons. The first-order valence-corrected chi connectivity index (χ1v) is 8.65. The minimum atomic E-state index is -0.340. The number of thiazole rings is 1. The van der Waals surface area contributed by atoms with Crippen molar-refractivity contribution in [2.75, 3.05) is 25.1 Å². The third-order valence-corrected chi connectivity index (χ3v) is 4.89. The lowest BCUT2D eigenvalue weighted by molar-refractivity contribution is 0.0606. The summed E-state index contributed by atoms with van der Waals surface area (Å²) in [5, 5.41) is 0.797. The van der Waals surface area contributed by atoms with Crippen molar-refractivity contribution in [3.05, 3.63) is 45.9 Å². The van der Waals surface area contributed by atoms with Crippen LogP contribution in [0.15, 0.2) is 30.5 Å². The third-order valence-electron chi connectivity index (χ3n) is 3.94. The summed E-state index contributed by atoms with van der Waals surface area (Å²) in [5.41, 5.74) is 2.42. The Hall–Kier alpha value is -2.14. The molecule has 0 saturated carbocycles. The number of hydrogen-bond acceptors (Lipinski definition) is 5. The van der Waals surface area contributed by atoms with E-state index >= 15 is 0 Å². The molecule has 1 aliphatic rings. The van der Waals surface area contributed by atoms with Gasteiger partial charge in [0, 0.05) is 18.8 Å². The van der Waals surface area contributed by atoms with E-state index in [1.54, 1.807) is 6.20 Å². The Balaban J connectivity index is 1.65. The molecule has 5 heteroatoms. The van der Waals surface area contributed by atoms with Gasteiger partial charge in [-0.05, 0) is 43.0 Å². The molecule has 1 aromatic carbocycles. The van der Waals surface area contributed by atoms with Crippen LogP contribution in [0, 0.1) is 0 Å². The molecule has 3 rings (SSSR count). The highest BCUT2D eigenvalue weighted by molar-refractivity contribution is 7.14. The Labute approximate surface area is 140 Å². The topological polar surface area (TPSA) is 42.4 Å². The molecule has 0 unspecified atom stereocenters. The predicted octanol–water partition coefficient (Wildman–Crippen LogP) is 4.09. The summed E-state index contributed by atoms with van der Waals surface area (Å²) < 4.78 is 4.69. The zero-order valence-electron chi connectivity index (χ0n) is 13.2. The molecule has 0 N–H and O–H groups in total. The van der Waals surface area contributed by atoms with Gasteiger partial charge < -0.3 is 9.64 Å². The minimum Gasteiger partial charge on any atom is -0.465 e. The molecule has 1 saturated heterocycles. The van der Waals surface area contributed by atoms with E-state index in [4.69, 9.17) is 0 Å². The predicted molar refractivity (Wildman–Crippen MR) is 94.9 cm³/mol. The molecule has 0 aliphatic carbocycles. The maximum Gasteiger partial charge on any atom is 0.349 e. The number of nitrogens with zero attached hydrogens (tertiary/aromatic N) is 2. The number of benzene rings is 1. The fraction of sp³-hybridized carbons (Fsp3) is 0.333. The molecule has 1 fully saturated rings. The Morgan fingerprint density at radius 3 is 2.61 bits per heavy atom. The summed E-state index contributed by atoms with van der Waals surface area (Å²) in [6, 6.07) is 8.59. The zero-order chi connectivity index (χ0) is 16.1. The Bertz CT molecular complexity index is 685. The third kappa shape index (κ3) is 3.99. The fourth-order valence-corrected chi connectivity index (χ4v) is 3.41. The van der Waals surface area contributed by atoms with Gasteiger partial charge in [-0.15, -0.1) is 11.3 Å². The molecule has 23 heavy (non-hydrogen) atoms. The summed E-state index contributed by atoms with van der Waals surface area (Å²) in [7, 11) is 1.38. The molecular formula is C18H20N2O2S. The number of methoxy groups -OCH3 is 1. The summed E-state index contributed by atoms with van der Waals surface area (Å²) in [6.45, 7) is 2.31. The van der Waals surface area contributed by atoms with Crippen molar-refractivity contribution < 1.29 is 9.53 Å². The SMILES string of the molecule is COC(=O)c1cnc(C=Cc2ccc(N3CCCCC3)cc2)s1. The first kappa shape index (κ1) is 15.7. The van der Waals surface area contributed by atoms with Gasteiger partial charge in [0.05, 0.1) is 13.3 Å². The number of carbonyl (C=O) groups is 1. The van der Waals surface area contributed by atoms with Crippen molar-refractivity contribution in [2.24, 2.45) is 0 Å². The summed E-state index contributed by atoms with van der Waals surface area (Å²) >= 11 is 1.33. The maximum absolute atomic E-state index is 11.4. The molecule has 0 radical (unpaired) electrons. The Kier molecular flexibility index (Phi) is 5.08. The van der Waals surface area contributed by atoms with E-state index in [1.807, 2.05) is 12.2 Å². The second-order valence-corrected chi connectivity index (χ2v) is 6.59. The van der Waals surface area contributed by atoms with Crippen LogP contribution >= 0.6 is 11.3 Å². The summed E-state index contributed by atoms with van der Waals surface area (Å²) in [5.74, 6) is -0.340. The number of hydrogen-bond donors (Lipinski definition) is 0. The molecule has 0 spiro atoms. The molecule has 0 bridgehead atoms. The lowest BCUT2D eigenvalue weighted by Crippen LogP contribution is -2.29. The molecular weight excluding hydrogens is 308 g/mol. The second kappa shape index (κ2) is 7.42. The van der Waals surface area contributed by atoms with Crippen LogP contribution < -0.4 is 4.90 Å². The first-order chi connectivity index (χ1) is 11.3. The largest absolute Gasteiger partial charge is 0.465 e. The van der Waals surface area contributed by atoms with Crippen molar-refractivity contribution in [1.29, 1.82) is 0 Å². The molecule has 1 aromatic heterocycles. The van der Waals surface area contributed by atoms with Gasteiger partial charge in [-0.3, -0.25) is 0 Å². The van der Waals surface area contributed by atoms with Crippen molar-refractivity contribution in [3.63, 3.8) is 0 Å². The minimum absolute atomic E-state index is 0.340.